The van der Waals surface area contributed by atoms with E-state index < -0.39 is 0 Å². The number of anilines is 1. The smallest absolute Gasteiger partial charge is 0.274 e. The van der Waals surface area contributed by atoms with E-state index in [0.717, 1.165) is 6.54 Å². The first-order valence-electron chi connectivity index (χ1n) is 6.32. The van der Waals surface area contributed by atoms with E-state index in [9.17, 15) is 4.79 Å². The van der Waals surface area contributed by atoms with E-state index in [2.05, 4.69) is 29.4 Å². The summed E-state index contributed by atoms with van der Waals surface area (Å²) in [7, 11) is 1.80. The van der Waals surface area contributed by atoms with Crippen LogP contribution in [0.25, 0.3) is 0 Å². The van der Waals surface area contributed by atoms with Crippen LogP contribution in [0.1, 0.15) is 38.2 Å². The molecule has 1 amide bonds. The van der Waals surface area contributed by atoms with Gasteiger partial charge in [0, 0.05) is 19.6 Å². The minimum Gasteiger partial charge on any atom is -0.369 e. The Bertz CT molecular complexity index is 388. The van der Waals surface area contributed by atoms with Gasteiger partial charge in [0.15, 0.2) is 5.69 Å². The topological polar surface area (TPSA) is 58.1 Å². The normalized spacial score (nSPS) is 12.3. The molecule has 0 saturated carbocycles. The molecule has 1 atom stereocenters. The van der Waals surface area contributed by atoms with Gasteiger partial charge in [0.05, 0.1) is 0 Å². The first-order valence-corrected chi connectivity index (χ1v) is 6.32. The third kappa shape index (κ3) is 3.42. The molecule has 0 aliphatic heterocycles. The fraction of sp³-hybridized carbons (Fsp3) is 0.615. The molecule has 1 rings (SSSR count). The minimum atomic E-state index is -0.0910. The zero-order valence-corrected chi connectivity index (χ0v) is 11.8. The van der Waals surface area contributed by atoms with Crippen LogP contribution in [0.3, 0.4) is 0 Å². The molecule has 18 heavy (non-hydrogen) atoms. The van der Waals surface area contributed by atoms with Crippen LogP contribution in [0, 0.1) is 5.92 Å². The number of carbonyl (C=O) groups excluding carboxylic acids is 1. The number of aromatic nitrogens is 2. The van der Waals surface area contributed by atoms with Crippen molar-refractivity contribution in [2.75, 3.05) is 18.9 Å². The summed E-state index contributed by atoms with van der Waals surface area (Å²) in [5, 5.41) is 11.0. The summed E-state index contributed by atoms with van der Waals surface area (Å²) in [5.74, 6) is 1.01. The Balaban J connectivity index is 2.77. The van der Waals surface area contributed by atoms with Gasteiger partial charge in [-0.1, -0.05) is 13.8 Å². The summed E-state index contributed by atoms with van der Waals surface area (Å²) in [6, 6.07) is 3.65. The van der Waals surface area contributed by atoms with Crippen molar-refractivity contribution >= 4 is 11.7 Å². The first kappa shape index (κ1) is 14.4. The first-order chi connectivity index (χ1) is 8.47. The van der Waals surface area contributed by atoms with Crippen LogP contribution in [0.15, 0.2) is 12.1 Å². The van der Waals surface area contributed by atoms with Crippen molar-refractivity contribution in [3.8, 4) is 0 Å². The quantitative estimate of drug-likeness (QED) is 0.868. The van der Waals surface area contributed by atoms with Gasteiger partial charge >= 0.3 is 0 Å². The van der Waals surface area contributed by atoms with Gasteiger partial charge in [0.25, 0.3) is 5.91 Å². The molecule has 0 fully saturated rings. The SMILES string of the molecule is CCNc1ccc(C(=O)N(C)C(C)C(C)C)nn1. The molecule has 1 heterocycles. The molecule has 1 N–H and O–H groups in total. The zero-order valence-electron chi connectivity index (χ0n) is 11.8. The van der Waals surface area contributed by atoms with Crippen molar-refractivity contribution in [2.24, 2.45) is 5.92 Å². The standard InChI is InChI=1S/C13H22N4O/c1-6-14-12-8-7-11(15-16-12)13(18)17(5)10(4)9(2)3/h7-10H,6H2,1-5H3,(H,14,16). The summed E-state index contributed by atoms with van der Waals surface area (Å²) in [6.07, 6.45) is 0. The second kappa shape index (κ2) is 6.33. The van der Waals surface area contributed by atoms with Gasteiger partial charge in [-0.3, -0.25) is 4.79 Å². The summed E-state index contributed by atoms with van der Waals surface area (Å²) >= 11 is 0. The van der Waals surface area contributed by atoms with E-state index in [-0.39, 0.29) is 11.9 Å². The second-order valence-electron chi connectivity index (χ2n) is 4.73. The van der Waals surface area contributed by atoms with Gasteiger partial charge in [-0.05, 0) is 31.9 Å². The van der Waals surface area contributed by atoms with E-state index in [1.54, 1.807) is 24.1 Å². The zero-order chi connectivity index (χ0) is 13.7. The van der Waals surface area contributed by atoms with Crippen molar-refractivity contribution in [1.82, 2.24) is 15.1 Å². The average Bonchev–Trinajstić information content (AvgIpc) is 2.37. The Labute approximate surface area is 109 Å². The Kier molecular flexibility index (Phi) is 5.07. The summed E-state index contributed by atoms with van der Waals surface area (Å²) in [5.41, 5.74) is 0.381. The van der Waals surface area contributed by atoms with Gasteiger partial charge in [0.2, 0.25) is 0 Å². The molecule has 0 aromatic carbocycles. The maximum Gasteiger partial charge on any atom is 0.274 e. The molecule has 0 spiro atoms. The van der Waals surface area contributed by atoms with Crippen LogP contribution in [-0.2, 0) is 0 Å². The second-order valence-corrected chi connectivity index (χ2v) is 4.73. The third-order valence-electron chi connectivity index (χ3n) is 3.14. The molecule has 1 aromatic rings. The monoisotopic (exact) mass is 250 g/mol. The Morgan fingerprint density at radius 2 is 2.00 bits per heavy atom. The van der Waals surface area contributed by atoms with Crippen molar-refractivity contribution in [3.63, 3.8) is 0 Å². The summed E-state index contributed by atoms with van der Waals surface area (Å²) in [6.45, 7) is 8.98. The Hall–Kier alpha value is -1.65. The van der Waals surface area contributed by atoms with Crippen molar-refractivity contribution < 1.29 is 4.79 Å². The number of amides is 1. The number of rotatable bonds is 5. The number of carbonyl (C=O) groups is 1. The molecule has 1 unspecified atom stereocenters. The molecule has 0 aliphatic rings. The maximum absolute atomic E-state index is 12.2. The third-order valence-corrected chi connectivity index (χ3v) is 3.14. The van der Waals surface area contributed by atoms with Crippen LogP contribution in [0.2, 0.25) is 0 Å². The van der Waals surface area contributed by atoms with Crippen molar-refractivity contribution in [1.29, 1.82) is 0 Å². The van der Waals surface area contributed by atoms with E-state index in [4.69, 9.17) is 0 Å². The largest absolute Gasteiger partial charge is 0.369 e. The van der Waals surface area contributed by atoms with Crippen molar-refractivity contribution in [3.05, 3.63) is 17.8 Å². The van der Waals surface area contributed by atoms with Gasteiger partial charge < -0.3 is 10.2 Å². The molecule has 100 valence electrons. The van der Waals surface area contributed by atoms with Gasteiger partial charge in [0.1, 0.15) is 5.82 Å². The highest BCUT2D eigenvalue weighted by Gasteiger charge is 2.21. The minimum absolute atomic E-state index is 0.0910. The fourth-order valence-electron chi connectivity index (χ4n) is 1.53. The lowest BCUT2D eigenvalue weighted by Crippen LogP contribution is -2.38. The molecule has 5 heteroatoms. The molecule has 1 aromatic heterocycles. The molecule has 0 saturated heterocycles. The number of hydrogen-bond donors (Lipinski definition) is 1. The Morgan fingerprint density at radius 3 is 2.44 bits per heavy atom. The lowest BCUT2D eigenvalue weighted by molar-refractivity contribution is 0.0700. The predicted molar refractivity (Wildman–Crippen MR) is 72.6 cm³/mol. The maximum atomic E-state index is 12.2. The number of nitrogens with one attached hydrogen (secondary N) is 1. The van der Waals surface area contributed by atoms with Gasteiger partial charge in [-0.25, -0.2) is 0 Å². The lowest BCUT2D eigenvalue weighted by Gasteiger charge is -2.27. The van der Waals surface area contributed by atoms with Crippen molar-refractivity contribution in [2.45, 2.75) is 33.7 Å². The highest BCUT2D eigenvalue weighted by atomic mass is 16.2. The van der Waals surface area contributed by atoms with E-state index >= 15 is 0 Å². The van der Waals surface area contributed by atoms with E-state index in [0.29, 0.717) is 17.4 Å². The number of nitrogens with zero attached hydrogens (tertiary/aromatic N) is 3. The predicted octanol–water partition coefficient (Wildman–Crippen LogP) is 2.02. The molecule has 0 radical (unpaired) electrons. The van der Waals surface area contributed by atoms with Crippen LogP contribution >= 0.6 is 0 Å². The van der Waals surface area contributed by atoms with Crippen LogP contribution in [0.4, 0.5) is 5.82 Å². The Morgan fingerprint density at radius 1 is 1.33 bits per heavy atom. The average molecular weight is 250 g/mol. The molecule has 0 aliphatic carbocycles. The van der Waals surface area contributed by atoms with E-state index in [1.165, 1.54) is 0 Å². The number of hydrogen-bond acceptors (Lipinski definition) is 4. The highest BCUT2D eigenvalue weighted by molar-refractivity contribution is 5.92. The highest BCUT2D eigenvalue weighted by Crippen LogP contribution is 2.11. The van der Waals surface area contributed by atoms with Crippen LogP contribution < -0.4 is 5.32 Å². The molecular weight excluding hydrogens is 228 g/mol. The van der Waals surface area contributed by atoms with Crippen LogP contribution in [-0.4, -0.2) is 40.6 Å². The lowest BCUT2D eigenvalue weighted by atomic mass is 10.1. The summed E-state index contributed by atoms with van der Waals surface area (Å²) < 4.78 is 0. The molecule has 5 nitrogen and oxygen atoms in total. The fourth-order valence-corrected chi connectivity index (χ4v) is 1.53. The van der Waals surface area contributed by atoms with E-state index in [1.807, 2.05) is 13.8 Å². The molecular formula is C13H22N4O. The molecule has 0 bridgehead atoms. The van der Waals surface area contributed by atoms with Crippen LogP contribution in [0.5, 0.6) is 0 Å². The van der Waals surface area contributed by atoms with Gasteiger partial charge in [-0.15, -0.1) is 10.2 Å². The van der Waals surface area contributed by atoms with Gasteiger partial charge in [-0.2, -0.15) is 0 Å². The summed E-state index contributed by atoms with van der Waals surface area (Å²) in [4.78, 5) is 13.9.